The molecule has 2 aromatic carbocycles. The molecule has 3 N–H and O–H groups in total. The second kappa shape index (κ2) is 7.96. The highest BCUT2D eigenvalue weighted by Gasteiger charge is 2.12. The highest BCUT2D eigenvalue weighted by molar-refractivity contribution is 7.22. The molecule has 2 amide bonds. The number of pyridine rings is 1. The summed E-state index contributed by atoms with van der Waals surface area (Å²) in [5, 5.41) is 15.3. The number of hydrogen-bond donors (Lipinski definition) is 3. The van der Waals surface area contributed by atoms with Gasteiger partial charge in [0.1, 0.15) is 0 Å². The Bertz CT molecular complexity index is 1290. The second-order valence-corrected chi connectivity index (χ2v) is 8.08. The summed E-state index contributed by atoms with van der Waals surface area (Å²) in [6.07, 6.45) is 6.04. The van der Waals surface area contributed by atoms with Crippen LogP contribution in [0.25, 0.3) is 31.4 Å². The first-order valence-electron chi connectivity index (χ1n) is 9.66. The predicted molar refractivity (Wildman–Crippen MR) is 122 cm³/mol. The van der Waals surface area contributed by atoms with Crippen molar-refractivity contribution < 1.29 is 4.79 Å². The number of nitrogens with one attached hydrogen (secondary N) is 3. The Hall–Kier alpha value is -3.71. The Balaban J connectivity index is 1.36. The van der Waals surface area contributed by atoms with E-state index in [9.17, 15) is 4.79 Å². The standard InChI is InChI=1S/C23H19N5OS/c29-23(25-10-7-15-5-8-24-9-6-15)27-18-11-17-14-26-28-22(17)19(13-18)21-12-16-3-1-2-4-20(16)30-21/h1-6,8-9,11-14H,7,10H2,(H,26,28)(H2,25,27,29). The van der Waals surface area contributed by atoms with E-state index >= 15 is 0 Å². The van der Waals surface area contributed by atoms with Crippen molar-refractivity contribution in [1.29, 1.82) is 0 Å². The van der Waals surface area contributed by atoms with E-state index in [2.05, 4.69) is 44.0 Å². The van der Waals surface area contributed by atoms with E-state index < -0.39 is 0 Å². The fourth-order valence-corrected chi connectivity index (χ4v) is 4.57. The van der Waals surface area contributed by atoms with Crippen LogP contribution in [0, 0.1) is 0 Å². The zero-order valence-electron chi connectivity index (χ0n) is 16.1. The van der Waals surface area contributed by atoms with Gasteiger partial charge in [0.15, 0.2) is 0 Å². The van der Waals surface area contributed by atoms with Gasteiger partial charge in [0.25, 0.3) is 0 Å². The maximum atomic E-state index is 12.4. The van der Waals surface area contributed by atoms with Crippen LogP contribution >= 0.6 is 11.3 Å². The molecule has 5 rings (SSSR count). The molecular weight excluding hydrogens is 394 g/mol. The molecule has 0 aliphatic carbocycles. The molecule has 3 aromatic heterocycles. The van der Waals surface area contributed by atoms with Crippen molar-refractivity contribution in [2.24, 2.45) is 0 Å². The smallest absolute Gasteiger partial charge is 0.319 e. The predicted octanol–water partition coefficient (Wildman–Crippen LogP) is 5.20. The van der Waals surface area contributed by atoms with Crippen LogP contribution in [0.15, 0.2) is 73.2 Å². The lowest BCUT2D eigenvalue weighted by Gasteiger charge is -2.10. The molecule has 0 aliphatic heterocycles. The summed E-state index contributed by atoms with van der Waals surface area (Å²) in [7, 11) is 0. The maximum absolute atomic E-state index is 12.4. The van der Waals surface area contributed by atoms with Crippen LogP contribution in [0.3, 0.4) is 0 Å². The molecule has 0 bridgehead atoms. The van der Waals surface area contributed by atoms with Crippen LogP contribution in [0.1, 0.15) is 5.56 Å². The number of anilines is 1. The third kappa shape index (κ3) is 3.75. The topological polar surface area (TPSA) is 82.7 Å². The van der Waals surface area contributed by atoms with E-state index in [0.29, 0.717) is 6.54 Å². The first kappa shape index (κ1) is 18.3. The van der Waals surface area contributed by atoms with Crippen LogP contribution in [0.5, 0.6) is 0 Å². The first-order valence-corrected chi connectivity index (χ1v) is 10.5. The van der Waals surface area contributed by atoms with Gasteiger partial charge in [0.2, 0.25) is 0 Å². The summed E-state index contributed by atoms with van der Waals surface area (Å²) in [6.45, 7) is 0.549. The van der Waals surface area contributed by atoms with Gasteiger partial charge < -0.3 is 10.6 Å². The number of amides is 2. The van der Waals surface area contributed by atoms with Gasteiger partial charge in [-0.25, -0.2) is 4.79 Å². The summed E-state index contributed by atoms with van der Waals surface area (Å²) in [4.78, 5) is 17.5. The van der Waals surface area contributed by atoms with Crippen molar-refractivity contribution in [3.05, 3.63) is 78.8 Å². The van der Waals surface area contributed by atoms with Crippen molar-refractivity contribution >= 4 is 44.0 Å². The van der Waals surface area contributed by atoms with Gasteiger partial charge >= 0.3 is 6.03 Å². The van der Waals surface area contributed by atoms with E-state index in [1.807, 2.05) is 36.4 Å². The number of hydrogen-bond acceptors (Lipinski definition) is 4. The molecule has 0 fully saturated rings. The van der Waals surface area contributed by atoms with Gasteiger partial charge in [-0.15, -0.1) is 11.3 Å². The molecule has 0 spiro atoms. The van der Waals surface area contributed by atoms with Crippen LogP contribution < -0.4 is 10.6 Å². The maximum Gasteiger partial charge on any atom is 0.319 e. The summed E-state index contributed by atoms with van der Waals surface area (Å²) < 4.78 is 1.23. The number of carbonyl (C=O) groups excluding carboxylic acids is 1. The molecule has 7 heteroatoms. The van der Waals surface area contributed by atoms with Gasteiger partial charge in [-0.2, -0.15) is 5.10 Å². The summed E-state index contributed by atoms with van der Waals surface area (Å²) in [5.74, 6) is 0. The van der Waals surface area contributed by atoms with Gasteiger partial charge in [-0.1, -0.05) is 18.2 Å². The Morgan fingerprint density at radius 2 is 1.90 bits per heavy atom. The Labute approximate surface area is 177 Å². The zero-order chi connectivity index (χ0) is 20.3. The molecule has 0 aliphatic rings. The van der Waals surface area contributed by atoms with E-state index in [0.717, 1.165) is 39.0 Å². The average molecular weight is 414 g/mol. The monoisotopic (exact) mass is 413 g/mol. The third-order valence-corrected chi connectivity index (χ3v) is 6.10. The lowest BCUT2D eigenvalue weighted by Crippen LogP contribution is -2.30. The second-order valence-electron chi connectivity index (χ2n) is 6.99. The molecule has 5 aromatic rings. The minimum atomic E-state index is -0.228. The lowest BCUT2D eigenvalue weighted by atomic mass is 10.1. The average Bonchev–Trinajstić information content (AvgIpc) is 3.40. The molecule has 0 saturated heterocycles. The Morgan fingerprint density at radius 1 is 1.03 bits per heavy atom. The number of rotatable bonds is 5. The van der Waals surface area contributed by atoms with Crippen LogP contribution in [-0.4, -0.2) is 27.8 Å². The van der Waals surface area contributed by atoms with Crippen molar-refractivity contribution in [3.63, 3.8) is 0 Å². The first-order chi connectivity index (χ1) is 14.8. The van der Waals surface area contributed by atoms with Crippen LogP contribution in [0.2, 0.25) is 0 Å². The SMILES string of the molecule is O=C(NCCc1ccncc1)Nc1cc(-c2cc3ccccc3s2)c2[nH]ncc2c1. The zero-order valence-corrected chi connectivity index (χ0v) is 16.9. The minimum absolute atomic E-state index is 0.228. The van der Waals surface area contributed by atoms with Crippen LogP contribution in [-0.2, 0) is 6.42 Å². The summed E-state index contributed by atoms with van der Waals surface area (Å²) in [6, 6.07) is 18.1. The quantitative estimate of drug-likeness (QED) is 0.370. The molecule has 148 valence electrons. The van der Waals surface area contributed by atoms with Crippen molar-refractivity contribution in [2.75, 3.05) is 11.9 Å². The van der Waals surface area contributed by atoms with Crippen molar-refractivity contribution in [1.82, 2.24) is 20.5 Å². The van der Waals surface area contributed by atoms with E-state index in [4.69, 9.17) is 0 Å². The highest BCUT2D eigenvalue weighted by atomic mass is 32.1. The fourth-order valence-electron chi connectivity index (χ4n) is 3.48. The minimum Gasteiger partial charge on any atom is -0.338 e. The molecule has 3 heterocycles. The molecular formula is C23H19N5OS. The number of fused-ring (bicyclic) bond motifs is 2. The van der Waals surface area contributed by atoms with Gasteiger partial charge in [0, 0.05) is 45.2 Å². The Morgan fingerprint density at radius 3 is 2.77 bits per heavy atom. The number of nitrogens with zero attached hydrogens (tertiary/aromatic N) is 2. The molecule has 0 saturated carbocycles. The molecule has 0 radical (unpaired) electrons. The molecule has 0 unspecified atom stereocenters. The number of H-pyrrole nitrogens is 1. The molecule has 0 atom stereocenters. The van der Waals surface area contributed by atoms with Crippen molar-refractivity contribution in [3.8, 4) is 10.4 Å². The number of thiophene rings is 1. The molecule has 30 heavy (non-hydrogen) atoms. The lowest BCUT2D eigenvalue weighted by molar-refractivity contribution is 0.252. The summed E-state index contributed by atoms with van der Waals surface area (Å²) >= 11 is 1.73. The van der Waals surface area contributed by atoms with E-state index in [1.165, 1.54) is 10.1 Å². The van der Waals surface area contributed by atoms with Gasteiger partial charge in [0.05, 0.1) is 11.7 Å². The summed E-state index contributed by atoms with van der Waals surface area (Å²) in [5.41, 5.74) is 3.86. The number of aromatic nitrogens is 3. The van der Waals surface area contributed by atoms with E-state index in [1.54, 1.807) is 29.9 Å². The Kier molecular flexibility index (Phi) is 4.86. The number of aromatic amines is 1. The van der Waals surface area contributed by atoms with Gasteiger partial charge in [-0.3, -0.25) is 10.1 Å². The number of benzene rings is 2. The van der Waals surface area contributed by atoms with Crippen LogP contribution in [0.4, 0.5) is 10.5 Å². The third-order valence-electron chi connectivity index (χ3n) is 4.95. The van der Waals surface area contributed by atoms with Crippen molar-refractivity contribution in [2.45, 2.75) is 6.42 Å². The van der Waals surface area contributed by atoms with E-state index in [-0.39, 0.29) is 6.03 Å². The number of carbonyl (C=O) groups is 1. The van der Waals surface area contributed by atoms with Gasteiger partial charge in [-0.05, 0) is 53.8 Å². The molecule has 6 nitrogen and oxygen atoms in total. The normalized spacial score (nSPS) is 11.1. The number of urea groups is 1. The fraction of sp³-hybridized carbons (Fsp3) is 0.0870. The highest BCUT2D eigenvalue weighted by Crippen LogP contribution is 2.38. The largest absolute Gasteiger partial charge is 0.338 e.